The quantitative estimate of drug-likeness (QED) is 0.680. The molecule has 0 aliphatic heterocycles. The standard InChI is InChI=1S/C18H10ClNO4/c19-13-5-6-16-14(7-13)15(21)8-17(24-16)18(22)23-10-12-4-2-1-3-11(12)9-20/h1-8H,10H2. The van der Waals surface area contributed by atoms with Gasteiger partial charge >= 0.3 is 5.97 Å². The van der Waals surface area contributed by atoms with Crippen LogP contribution < -0.4 is 5.43 Å². The number of nitrogens with zero attached hydrogens (tertiary/aromatic N) is 1. The van der Waals surface area contributed by atoms with Crippen LogP contribution >= 0.6 is 11.6 Å². The molecular formula is C18H10ClNO4. The minimum absolute atomic E-state index is 0.0923. The summed E-state index contributed by atoms with van der Waals surface area (Å²) >= 11 is 5.84. The Balaban J connectivity index is 1.85. The predicted molar refractivity (Wildman–Crippen MR) is 87.8 cm³/mol. The summed E-state index contributed by atoms with van der Waals surface area (Å²) in [6.45, 7) is -0.0923. The number of nitriles is 1. The lowest BCUT2D eigenvalue weighted by Crippen LogP contribution is -2.10. The predicted octanol–water partition coefficient (Wildman–Crippen LogP) is 3.68. The molecule has 0 amide bonds. The number of halogens is 1. The molecule has 6 heteroatoms. The highest BCUT2D eigenvalue weighted by Gasteiger charge is 2.15. The first-order valence-electron chi connectivity index (χ1n) is 6.97. The number of carbonyl (C=O) groups excluding carboxylic acids is 1. The average Bonchev–Trinajstić information content (AvgIpc) is 2.60. The summed E-state index contributed by atoms with van der Waals surface area (Å²) in [6.07, 6.45) is 0. The topological polar surface area (TPSA) is 80.3 Å². The Morgan fingerprint density at radius 1 is 1.21 bits per heavy atom. The van der Waals surface area contributed by atoms with Gasteiger partial charge in [-0.05, 0) is 24.3 Å². The molecule has 0 atom stereocenters. The molecule has 0 radical (unpaired) electrons. The maximum Gasteiger partial charge on any atom is 0.374 e. The van der Waals surface area contributed by atoms with Crippen LogP contribution in [0.5, 0.6) is 0 Å². The molecule has 0 spiro atoms. The van der Waals surface area contributed by atoms with Gasteiger partial charge in [0.25, 0.3) is 0 Å². The van der Waals surface area contributed by atoms with Crippen molar-refractivity contribution in [2.24, 2.45) is 0 Å². The highest BCUT2D eigenvalue weighted by atomic mass is 35.5. The van der Waals surface area contributed by atoms with Gasteiger partial charge in [0, 0.05) is 16.7 Å². The molecule has 3 rings (SSSR count). The van der Waals surface area contributed by atoms with Gasteiger partial charge in [-0.3, -0.25) is 4.79 Å². The van der Waals surface area contributed by atoms with Gasteiger partial charge in [0.2, 0.25) is 5.76 Å². The van der Waals surface area contributed by atoms with Crippen molar-refractivity contribution in [3.63, 3.8) is 0 Å². The Morgan fingerprint density at radius 2 is 2.00 bits per heavy atom. The first kappa shape index (κ1) is 15.8. The summed E-state index contributed by atoms with van der Waals surface area (Å²) in [6, 6.07) is 14.4. The summed E-state index contributed by atoms with van der Waals surface area (Å²) in [4.78, 5) is 24.2. The second kappa shape index (κ2) is 6.57. The largest absolute Gasteiger partial charge is 0.455 e. The molecular weight excluding hydrogens is 330 g/mol. The van der Waals surface area contributed by atoms with E-state index < -0.39 is 5.97 Å². The van der Waals surface area contributed by atoms with Crippen LogP contribution in [-0.2, 0) is 11.3 Å². The SMILES string of the molecule is N#Cc1ccccc1COC(=O)c1cc(=O)c2cc(Cl)ccc2o1. The van der Waals surface area contributed by atoms with Crippen molar-refractivity contribution >= 4 is 28.5 Å². The van der Waals surface area contributed by atoms with E-state index in [1.54, 1.807) is 30.3 Å². The Kier molecular flexibility index (Phi) is 4.32. The second-order valence-corrected chi connectivity index (χ2v) is 5.40. The molecule has 0 aliphatic carbocycles. The lowest BCUT2D eigenvalue weighted by Gasteiger charge is -2.06. The molecule has 0 fully saturated rings. The lowest BCUT2D eigenvalue weighted by molar-refractivity contribution is 0.0436. The highest BCUT2D eigenvalue weighted by Crippen LogP contribution is 2.18. The average molecular weight is 340 g/mol. The number of hydrogen-bond acceptors (Lipinski definition) is 5. The summed E-state index contributed by atoms with van der Waals surface area (Å²) in [5, 5.41) is 9.70. The van der Waals surface area contributed by atoms with E-state index in [4.69, 9.17) is 26.0 Å². The third-order valence-electron chi connectivity index (χ3n) is 3.39. The van der Waals surface area contributed by atoms with E-state index >= 15 is 0 Å². The number of carbonyl (C=O) groups is 1. The van der Waals surface area contributed by atoms with Crippen molar-refractivity contribution in [2.45, 2.75) is 6.61 Å². The van der Waals surface area contributed by atoms with Gasteiger partial charge in [0.15, 0.2) is 5.43 Å². The van der Waals surface area contributed by atoms with Crippen molar-refractivity contribution in [3.8, 4) is 6.07 Å². The number of rotatable bonds is 3. The van der Waals surface area contributed by atoms with E-state index in [9.17, 15) is 9.59 Å². The van der Waals surface area contributed by atoms with Crippen molar-refractivity contribution in [3.05, 3.63) is 80.7 Å². The Labute approximate surface area is 141 Å². The zero-order valence-corrected chi connectivity index (χ0v) is 13.0. The van der Waals surface area contributed by atoms with Crippen LogP contribution in [-0.4, -0.2) is 5.97 Å². The molecule has 0 unspecified atom stereocenters. The molecule has 0 saturated heterocycles. The number of hydrogen-bond donors (Lipinski definition) is 0. The molecule has 118 valence electrons. The summed E-state index contributed by atoms with van der Waals surface area (Å²) in [5.41, 5.74) is 0.850. The van der Waals surface area contributed by atoms with E-state index in [-0.39, 0.29) is 28.8 Å². The first-order valence-corrected chi connectivity index (χ1v) is 7.35. The van der Waals surface area contributed by atoms with E-state index in [1.807, 2.05) is 6.07 Å². The fourth-order valence-corrected chi connectivity index (χ4v) is 2.37. The third-order valence-corrected chi connectivity index (χ3v) is 3.62. The Bertz CT molecular complexity index is 1030. The summed E-state index contributed by atoms with van der Waals surface area (Å²) in [7, 11) is 0. The fraction of sp³-hybridized carbons (Fsp3) is 0.0556. The van der Waals surface area contributed by atoms with E-state index in [2.05, 4.69) is 0 Å². The van der Waals surface area contributed by atoms with Crippen molar-refractivity contribution in [1.29, 1.82) is 5.26 Å². The van der Waals surface area contributed by atoms with Crippen LogP contribution in [0.2, 0.25) is 5.02 Å². The Morgan fingerprint density at radius 3 is 2.79 bits per heavy atom. The molecule has 5 nitrogen and oxygen atoms in total. The van der Waals surface area contributed by atoms with Gasteiger partial charge in [0.05, 0.1) is 17.0 Å². The first-order chi connectivity index (χ1) is 11.6. The van der Waals surface area contributed by atoms with E-state index in [0.717, 1.165) is 6.07 Å². The van der Waals surface area contributed by atoms with Crippen molar-refractivity contribution in [1.82, 2.24) is 0 Å². The Hall–Kier alpha value is -3.10. The molecule has 2 aromatic carbocycles. The number of ether oxygens (including phenoxy) is 1. The maximum absolute atomic E-state index is 12.1. The monoisotopic (exact) mass is 339 g/mol. The molecule has 0 bridgehead atoms. The molecule has 3 aromatic rings. The van der Waals surface area contributed by atoms with Gasteiger partial charge in [-0.15, -0.1) is 0 Å². The van der Waals surface area contributed by atoms with Gasteiger partial charge < -0.3 is 9.15 Å². The van der Waals surface area contributed by atoms with E-state index in [0.29, 0.717) is 16.1 Å². The minimum atomic E-state index is -0.781. The zero-order valence-electron chi connectivity index (χ0n) is 12.3. The molecule has 1 heterocycles. The minimum Gasteiger partial charge on any atom is -0.455 e. The smallest absolute Gasteiger partial charge is 0.374 e. The zero-order chi connectivity index (χ0) is 17.1. The van der Waals surface area contributed by atoms with Gasteiger partial charge in [-0.1, -0.05) is 29.8 Å². The van der Waals surface area contributed by atoms with Crippen molar-refractivity contribution < 1.29 is 13.9 Å². The molecule has 0 aliphatic rings. The van der Waals surface area contributed by atoms with Crippen LogP contribution in [0.4, 0.5) is 0 Å². The van der Waals surface area contributed by atoms with Crippen LogP contribution in [0, 0.1) is 11.3 Å². The van der Waals surface area contributed by atoms with Crippen LogP contribution in [0.25, 0.3) is 11.0 Å². The highest BCUT2D eigenvalue weighted by molar-refractivity contribution is 6.31. The van der Waals surface area contributed by atoms with E-state index in [1.165, 1.54) is 12.1 Å². The van der Waals surface area contributed by atoms with Crippen LogP contribution in [0.15, 0.2) is 57.7 Å². The van der Waals surface area contributed by atoms with Crippen LogP contribution in [0.1, 0.15) is 21.7 Å². The van der Waals surface area contributed by atoms with Gasteiger partial charge in [-0.2, -0.15) is 5.26 Å². The number of esters is 1. The lowest BCUT2D eigenvalue weighted by atomic mass is 10.1. The molecule has 0 saturated carbocycles. The summed E-state index contributed by atoms with van der Waals surface area (Å²) < 4.78 is 10.5. The second-order valence-electron chi connectivity index (χ2n) is 4.96. The summed E-state index contributed by atoms with van der Waals surface area (Å²) in [5.74, 6) is -0.985. The molecule has 0 N–H and O–H groups in total. The van der Waals surface area contributed by atoms with Crippen molar-refractivity contribution in [2.75, 3.05) is 0 Å². The normalized spacial score (nSPS) is 10.3. The number of fused-ring (bicyclic) bond motifs is 1. The van der Waals surface area contributed by atoms with Gasteiger partial charge in [-0.25, -0.2) is 4.79 Å². The third kappa shape index (κ3) is 3.14. The maximum atomic E-state index is 12.1. The van der Waals surface area contributed by atoms with Crippen LogP contribution in [0.3, 0.4) is 0 Å². The molecule has 1 aromatic heterocycles. The fourth-order valence-electron chi connectivity index (χ4n) is 2.20. The number of benzene rings is 2. The molecule has 24 heavy (non-hydrogen) atoms. The van der Waals surface area contributed by atoms with Gasteiger partial charge in [0.1, 0.15) is 12.2 Å².